The molecule has 1 aliphatic rings. The third-order valence-corrected chi connectivity index (χ3v) is 2.16. The van der Waals surface area contributed by atoms with Gasteiger partial charge in [-0.15, -0.1) is 6.42 Å². The molecule has 10 heavy (non-hydrogen) atoms. The standard InChI is InChI=1S/C9H14O/c1-4-9-8(7(2)3)5-6-10-9/h1,7-9H,5-6H2,2-3H3/t8-,9?/m1/s1. The third kappa shape index (κ3) is 1.33. The molecule has 1 saturated heterocycles. The Morgan fingerprint density at radius 2 is 2.30 bits per heavy atom. The molecule has 2 atom stereocenters. The van der Waals surface area contributed by atoms with Crippen LogP contribution < -0.4 is 0 Å². The molecule has 0 aromatic carbocycles. The van der Waals surface area contributed by atoms with Crippen molar-refractivity contribution in [2.45, 2.75) is 26.4 Å². The highest BCUT2D eigenvalue weighted by atomic mass is 16.5. The van der Waals surface area contributed by atoms with Gasteiger partial charge in [0.2, 0.25) is 0 Å². The summed E-state index contributed by atoms with van der Waals surface area (Å²) in [4.78, 5) is 0. The molecule has 0 bridgehead atoms. The lowest BCUT2D eigenvalue weighted by atomic mass is 9.90. The average Bonchev–Trinajstić information content (AvgIpc) is 2.33. The number of hydrogen-bond donors (Lipinski definition) is 0. The van der Waals surface area contributed by atoms with Crippen molar-refractivity contribution in [2.75, 3.05) is 6.61 Å². The summed E-state index contributed by atoms with van der Waals surface area (Å²) in [5.74, 6) is 3.92. The van der Waals surface area contributed by atoms with Gasteiger partial charge in [0.1, 0.15) is 6.10 Å². The number of hydrogen-bond acceptors (Lipinski definition) is 1. The molecule has 0 aliphatic carbocycles. The molecule has 56 valence electrons. The van der Waals surface area contributed by atoms with Crippen LogP contribution in [0.5, 0.6) is 0 Å². The Kier molecular flexibility index (Phi) is 2.34. The summed E-state index contributed by atoms with van der Waals surface area (Å²) in [5.41, 5.74) is 0. The van der Waals surface area contributed by atoms with Crippen LogP contribution in [0, 0.1) is 24.2 Å². The Morgan fingerprint density at radius 3 is 2.70 bits per heavy atom. The molecule has 1 heteroatoms. The van der Waals surface area contributed by atoms with Crippen molar-refractivity contribution in [3.63, 3.8) is 0 Å². The van der Waals surface area contributed by atoms with Crippen molar-refractivity contribution in [1.29, 1.82) is 0 Å². The smallest absolute Gasteiger partial charge is 0.121 e. The van der Waals surface area contributed by atoms with Crippen LogP contribution in [0.4, 0.5) is 0 Å². The van der Waals surface area contributed by atoms with Crippen molar-refractivity contribution >= 4 is 0 Å². The van der Waals surface area contributed by atoms with E-state index in [4.69, 9.17) is 11.2 Å². The zero-order valence-electron chi connectivity index (χ0n) is 6.63. The summed E-state index contributed by atoms with van der Waals surface area (Å²) < 4.78 is 5.34. The zero-order valence-corrected chi connectivity index (χ0v) is 6.63. The number of rotatable bonds is 1. The SMILES string of the molecule is C#CC1OCC[C@@H]1C(C)C. The molecule has 1 fully saturated rings. The van der Waals surface area contributed by atoms with E-state index in [0.29, 0.717) is 11.8 Å². The lowest BCUT2D eigenvalue weighted by Crippen LogP contribution is -2.18. The Bertz CT molecular complexity index is 143. The zero-order chi connectivity index (χ0) is 7.56. The Balaban J connectivity index is 2.52. The molecule has 0 aromatic rings. The summed E-state index contributed by atoms with van der Waals surface area (Å²) in [6.07, 6.45) is 6.50. The minimum absolute atomic E-state index is 0.0833. The highest BCUT2D eigenvalue weighted by molar-refractivity contribution is 5.01. The van der Waals surface area contributed by atoms with E-state index in [2.05, 4.69) is 19.8 Å². The van der Waals surface area contributed by atoms with Crippen molar-refractivity contribution in [1.82, 2.24) is 0 Å². The van der Waals surface area contributed by atoms with E-state index in [0.717, 1.165) is 13.0 Å². The van der Waals surface area contributed by atoms with Crippen LogP contribution in [-0.4, -0.2) is 12.7 Å². The van der Waals surface area contributed by atoms with Gasteiger partial charge in [-0.05, 0) is 12.3 Å². The van der Waals surface area contributed by atoms with Crippen LogP contribution in [0.15, 0.2) is 0 Å². The van der Waals surface area contributed by atoms with Gasteiger partial charge in [-0.3, -0.25) is 0 Å². The van der Waals surface area contributed by atoms with Gasteiger partial charge in [-0.1, -0.05) is 19.8 Å². The lowest BCUT2D eigenvalue weighted by Gasteiger charge is -2.16. The van der Waals surface area contributed by atoms with Gasteiger partial charge < -0.3 is 4.74 Å². The van der Waals surface area contributed by atoms with Gasteiger partial charge in [0.25, 0.3) is 0 Å². The Morgan fingerprint density at radius 1 is 1.60 bits per heavy atom. The van der Waals surface area contributed by atoms with Crippen molar-refractivity contribution in [3.05, 3.63) is 0 Å². The van der Waals surface area contributed by atoms with Crippen LogP contribution in [-0.2, 0) is 4.74 Å². The first-order chi connectivity index (χ1) is 4.75. The van der Waals surface area contributed by atoms with Gasteiger partial charge in [0.15, 0.2) is 0 Å². The molecule has 0 saturated carbocycles. The first-order valence-corrected chi connectivity index (χ1v) is 3.83. The van der Waals surface area contributed by atoms with Crippen LogP contribution in [0.25, 0.3) is 0 Å². The van der Waals surface area contributed by atoms with E-state index < -0.39 is 0 Å². The van der Waals surface area contributed by atoms with Gasteiger partial charge in [0, 0.05) is 12.5 Å². The van der Waals surface area contributed by atoms with Gasteiger partial charge in [0.05, 0.1) is 0 Å². The molecule has 1 nitrogen and oxygen atoms in total. The summed E-state index contributed by atoms with van der Waals surface area (Å²) in [5, 5.41) is 0. The molecule has 1 aliphatic heterocycles. The van der Waals surface area contributed by atoms with E-state index in [1.54, 1.807) is 0 Å². The van der Waals surface area contributed by atoms with Crippen LogP contribution in [0.3, 0.4) is 0 Å². The van der Waals surface area contributed by atoms with Crippen LogP contribution in [0.1, 0.15) is 20.3 Å². The van der Waals surface area contributed by atoms with Crippen molar-refractivity contribution in [2.24, 2.45) is 11.8 Å². The van der Waals surface area contributed by atoms with Crippen molar-refractivity contribution in [3.8, 4) is 12.3 Å². The minimum Gasteiger partial charge on any atom is -0.365 e. The first-order valence-electron chi connectivity index (χ1n) is 3.83. The van der Waals surface area contributed by atoms with E-state index >= 15 is 0 Å². The Labute approximate surface area is 62.8 Å². The molecule has 1 unspecified atom stereocenters. The molecule has 0 radical (unpaired) electrons. The molecular formula is C9H14O. The average molecular weight is 138 g/mol. The molecule has 1 heterocycles. The predicted molar refractivity (Wildman–Crippen MR) is 41.5 cm³/mol. The maximum atomic E-state index is 5.34. The molecular weight excluding hydrogens is 124 g/mol. The van der Waals surface area contributed by atoms with E-state index in [9.17, 15) is 0 Å². The second kappa shape index (κ2) is 3.07. The highest BCUT2D eigenvalue weighted by Gasteiger charge is 2.28. The summed E-state index contributed by atoms with van der Waals surface area (Å²) in [6, 6.07) is 0. The van der Waals surface area contributed by atoms with Crippen molar-refractivity contribution < 1.29 is 4.74 Å². The van der Waals surface area contributed by atoms with Gasteiger partial charge in [-0.25, -0.2) is 0 Å². The summed E-state index contributed by atoms with van der Waals surface area (Å²) in [7, 11) is 0. The van der Waals surface area contributed by atoms with Crippen LogP contribution in [0.2, 0.25) is 0 Å². The topological polar surface area (TPSA) is 9.23 Å². The molecule has 0 aromatic heterocycles. The fourth-order valence-electron chi connectivity index (χ4n) is 1.46. The van der Waals surface area contributed by atoms with Gasteiger partial charge in [-0.2, -0.15) is 0 Å². The fourth-order valence-corrected chi connectivity index (χ4v) is 1.46. The minimum atomic E-state index is 0.0833. The quantitative estimate of drug-likeness (QED) is 0.501. The maximum absolute atomic E-state index is 5.34. The molecule has 0 amide bonds. The van der Waals surface area contributed by atoms with E-state index in [1.807, 2.05) is 0 Å². The second-order valence-corrected chi connectivity index (χ2v) is 3.15. The van der Waals surface area contributed by atoms with E-state index in [1.165, 1.54) is 0 Å². The molecule has 0 N–H and O–H groups in total. The monoisotopic (exact) mass is 138 g/mol. The lowest BCUT2D eigenvalue weighted by molar-refractivity contribution is 0.124. The molecule has 1 rings (SSSR count). The normalized spacial score (nSPS) is 32.6. The number of terminal acetylenes is 1. The summed E-state index contributed by atoms with van der Waals surface area (Å²) >= 11 is 0. The first kappa shape index (κ1) is 7.63. The Hall–Kier alpha value is -0.480. The predicted octanol–water partition coefficient (Wildman–Crippen LogP) is 1.68. The van der Waals surface area contributed by atoms with Gasteiger partial charge >= 0.3 is 0 Å². The largest absolute Gasteiger partial charge is 0.365 e. The third-order valence-electron chi connectivity index (χ3n) is 2.16. The fraction of sp³-hybridized carbons (Fsp3) is 0.778. The maximum Gasteiger partial charge on any atom is 0.121 e. The summed E-state index contributed by atoms with van der Waals surface area (Å²) in [6.45, 7) is 5.24. The van der Waals surface area contributed by atoms with E-state index in [-0.39, 0.29) is 6.10 Å². The number of ether oxygens (including phenoxy) is 1. The van der Waals surface area contributed by atoms with Crippen LogP contribution >= 0.6 is 0 Å². The molecule has 0 spiro atoms. The second-order valence-electron chi connectivity index (χ2n) is 3.15. The highest BCUT2D eigenvalue weighted by Crippen LogP contribution is 2.27.